The SMILES string of the molecule is O=C(O)c1ccccc1N1CCC(CN2CC(Oc3ccc(Cl)c(Cl)c3)C2)CC1. The van der Waals surface area contributed by atoms with Gasteiger partial charge in [-0.05, 0) is 43.0 Å². The maximum atomic E-state index is 11.5. The summed E-state index contributed by atoms with van der Waals surface area (Å²) < 4.78 is 5.97. The second-order valence-electron chi connectivity index (χ2n) is 7.79. The molecule has 0 atom stereocenters. The van der Waals surface area contributed by atoms with E-state index in [4.69, 9.17) is 27.9 Å². The molecular formula is C22H24Cl2N2O3. The average molecular weight is 435 g/mol. The van der Waals surface area contributed by atoms with Crippen LogP contribution in [0.25, 0.3) is 0 Å². The molecule has 0 saturated carbocycles. The zero-order chi connectivity index (χ0) is 20.4. The summed E-state index contributed by atoms with van der Waals surface area (Å²) in [5.74, 6) is 0.528. The summed E-state index contributed by atoms with van der Waals surface area (Å²) in [6.45, 7) is 4.69. The standard InChI is InChI=1S/C22H24Cl2N2O3/c23-19-6-5-16(11-20(19)24)29-17-13-25(14-17)12-15-7-9-26(10-8-15)21-4-2-1-3-18(21)22(27)28/h1-6,11,15,17H,7-10,12-14H2,(H,27,28). The fourth-order valence-corrected chi connectivity index (χ4v) is 4.43. The van der Waals surface area contributed by atoms with Crippen molar-refractivity contribution < 1.29 is 14.6 Å². The molecule has 0 aromatic heterocycles. The van der Waals surface area contributed by atoms with Crippen molar-refractivity contribution in [3.05, 3.63) is 58.1 Å². The van der Waals surface area contributed by atoms with Crippen molar-refractivity contribution in [3.63, 3.8) is 0 Å². The Hall–Kier alpha value is -1.95. The van der Waals surface area contributed by atoms with Gasteiger partial charge in [-0.3, -0.25) is 4.90 Å². The van der Waals surface area contributed by atoms with E-state index in [1.807, 2.05) is 18.2 Å². The largest absolute Gasteiger partial charge is 0.488 e. The summed E-state index contributed by atoms with van der Waals surface area (Å²) in [7, 11) is 0. The van der Waals surface area contributed by atoms with Crippen LogP contribution in [0.2, 0.25) is 10.0 Å². The first-order valence-electron chi connectivity index (χ1n) is 9.91. The first-order valence-corrected chi connectivity index (χ1v) is 10.7. The summed E-state index contributed by atoms with van der Waals surface area (Å²) in [4.78, 5) is 16.1. The molecule has 0 spiro atoms. The maximum absolute atomic E-state index is 11.5. The van der Waals surface area contributed by atoms with Gasteiger partial charge in [-0.1, -0.05) is 35.3 Å². The molecule has 0 aliphatic carbocycles. The summed E-state index contributed by atoms with van der Waals surface area (Å²) in [5, 5.41) is 10.5. The number of carbonyl (C=O) groups is 1. The van der Waals surface area contributed by atoms with Gasteiger partial charge in [0, 0.05) is 38.8 Å². The smallest absolute Gasteiger partial charge is 0.337 e. The quantitative estimate of drug-likeness (QED) is 0.715. The maximum Gasteiger partial charge on any atom is 0.337 e. The van der Waals surface area contributed by atoms with Gasteiger partial charge in [0.2, 0.25) is 0 Å². The number of hydrogen-bond donors (Lipinski definition) is 1. The number of anilines is 1. The van der Waals surface area contributed by atoms with E-state index >= 15 is 0 Å². The highest BCUT2D eigenvalue weighted by Crippen LogP contribution is 2.30. The molecule has 0 unspecified atom stereocenters. The van der Waals surface area contributed by atoms with Gasteiger partial charge in [0.15, 0.2) is 0 Å². The topological polar surface area (TPSA) is 53.0 Å². The van der Waals surface area contributed by atoms with Gasteiger partial charge in [0.25, 0.3) is 0 Å². The van der Waals surface area contributed by atoms with Crippen LogP contribution >= 0.6 is 23.2 Å². The van der Waals surface area contributed by atoms with Gasteiger partial charge in [0.05, 0.1) is 21.3 Å². The van der Waals surface area contributed by atoms with Crippen LogP contribution in [0.3, 0.4) is 0 Å². The molecule has 4 rings (SSSR count). The first-order chi connectivity index (χ1) is 14.0. The summed E-state index contributed by atoms with van der Waals surface area (Å²) in [5.41, 5.74) is 1.22. The molecule has 29 heavy (non-hydrogen) atoms. The minimum Gasteiger partial charge on any atom is -0.488 e. The Balaban J connectivity index is 1.22. The van der Waals surface area contributed by atoms with E-state index in [9.17, 15) is 9.90 Å². The van der Waals surface area contributed by atoms with Crippen LogP contribution in [-0.2, 0) is 0 Å². The van der Waals surface area contributed by atoms with Gasteiger partial charge in [-0.2, -0.15) is 0 Å². The Bertz CT molecular complexity index is 878. The number of likely N-dealkylation sites (tertiary alicyclic amines) is 1. The van der Waals surface area contributed by atoms with Crippen molar-refractivity contribution in [2.45, 2.75) is 18.9 Å². The highest BCUT2D eigenvalue weighted by molar-refractivity contribution is 6.42. The minimum atomic E-state index is -0.865. The predicted octanol–water partition coefficient (Wildman–Crippen LogP) is 4.67. The average Bonchev–Trinajstić information content (AvgIpc) is 2.69. The Morgan fingerprint density at radius 2 is 1.79 bits per heavy atom. The van der Waals surface area contributed by atoms with Crippen LogP contribution < -0.4 is 9.64 Å². The van der Waals surface area contributed by atoms with E-state index in [0.717, 1.165) is 57.0 Å². The molecule has 5 nitrogen and oxygen atoms in total. The highest BCUT2D eigenvalue weighted by atomic mass is 35.5. The summed E-state index contributed by atoms with van der Waals surface area (Å²) in [6.07, 6.45) is 2.33. The number of benzene rings is 2. The lowest BCUT2D eigenvalue weighted by Gasteiger charge is -2.43. The first kappa shape index (κ1) is 20.3. The van der Waals surface area contributed by atoms with Crippen LogP contribution in [0, 0.1) is 5.92 Å². The van der Waals surface area contributed by atoms with E-state index < -0.39 is 5.97 Å². The van der Waals surface area contributed by atoms with E-state index in [0.29, 0.717) is 21.5 Å². The van der Waals surface area contributed by atoms with Crippen molar-refractivity contribution in [2.24, 2.45) is 5.92 Å². The minimum absolute atomic E-state index is 0.190. The molecular weight excluding hydrogens is 411 g/mol. The van der Waals surface area contributed by atoms with Gasteiger partial charge in [-0.25, -0.2) is 4.79 Å². The van der Waals surface area contributed by atoms with E-state index in [-0.39, 0.29) is 6.10 Å². The lowest BCUT2D eigenvalue weighted by atomic mass is 9.94. The monoisotopic (exact) mass is 434 g/mol. The normalized spacial score (nSPS) is 18.5. The number of aromatic carboxylic acids is 1. The second kappa shape index (κ2) is 8.82. The van der Waals surface area contributed by atoms with Gasteiger partial charge >= 0.3 is 5.97 Å². The number of ether oxygens (including phenoxy) is 1. The summed E-state index contributed by atoms with van der Waals surface area (Å²) in [6, 6.07) is 12.6. The molecule has 2 aromatic rings. The molecule has 154 valence electrons. The lowest BCUT2D eigenvalue weighted by molar-refractivity contribution is 0.00796. The van der Waals surface area contributed by atoms with Crippen LogP contribution in [0.15, 0.2) is 42.5 Å². The Labute approximate surface area is 180 Å². The number of para-hydroxylation sites is 1. The van der Waals surface area contributed by atoms with Crippen molar-refractivity contribution in [3.8, 4) is 5.75 Å². The Morgan fingerprint density at radius 3 is 2.48 bits per heavy atom. The Kier molecular flexibility index (Phi) is 6.18. The van der Waals surface area contributed by atoms with Gasteiger partial charge in [0.1, 0.15) is 11.9 Å². The molecule has 2 aliphatic heterocycles. The third-order valence-electron chi connectivity index (χ3n) is 5.72. The molecule has 2 aliphatic rings. The fourth-order valence-electron chi connectivity index (χ4n) is 4.14. The molecule has 2 fully saturated rings. The molecule has 2 heterocycles. The molecule has 0 bridgehead atoms. The fraction of sp³-hybridized carbons (Fsp3) is 0.409. The lowest BCUT2D eigenvalue weighted by Crippen LogP contribution is -2.55. The molecule has 0 radical (unpaired) electrons. The number of carboxylic acid groups (broad SMARTS) is 1. The second-order valence-corrected chi connectivity index (χ2v) is 8.60. The molecule has 0 amide bonds. The van der Waals surface area contributed by atoms with Crippen LogP contribution in [0.4, 0.5) is 5.69 Å². The number of nitrogens with zero attached hydrogens (tertiary/aromatic N) is 2. The van der Waals surface area contributed by atoms with Crippen molar-refractivity contribution in [1.29, 1.82) is 0 Å². The van der Waals surface area contributed by atoms with E-state index in [2.05, 4.69) is 9.80 Å². The zero-order valence-corrected chi connectivity index (χ0v) is 17.6. The van der Waals surface area contributed by atoms with Crippen molar-refractivity contribution in [2.75, 3.05) is 37.6 Å². The molecule has 2 saturated heterocycles. The van der Waals surface area contributed by atoms with Gasteiger partial charge < -0.3 is 14.7 Å². The summed E-state index contributed by atoms with van der Waals surface area (Å²) >= 11 is 12.0. The van der Waals surface area contributed by atoms with Crippen molar-refractivity contribution in [1.82, 2.24) is 4.90 Å². The van der Waals surface area contributed by atoms with Crippen LogP contribution in [0.1, 0.15) is 23.2 Å². The zero-order valence-electron chi connectivity index (χ0n) is 16.1. The number of halogens is 2. The molecule has 2 aromatic carbocycles. The van der Waals surface area contributed by atoms with Crippen molar-refractivity contribution >= 4 is 34.9 Å². The molecule has 7 heteroatoms. The van der Waals surface area contributed by atoms with E-state index in [1.54, 1.807) is 24.3 Å². The van der Waals surface area contributed by atoms with Crippen LogP contribution in [-0.4, -0.2) is 54.8 Å². The number of hydrogen-bond acceptors (Lipinski definition) is 4. The van der Waals surface area contributed by atoms with Crippen LogP contribution in [0.5, 0.6) is 5.75 Å². The Morgan fingerprint density at radius 1 is 1.07 bits per heavy atom. The predicted molar refractivity (Wildman–Crippen MR) is 116 cm³/mol. The number of rotatable bonds is 6. The number of piperidine rings is 1. The molecule has 1 N–H and O–H groups in total. The van der Waals surface area contributed by atoms with Gasteiger partial charge in [-0.15, -0.1) is 0 Å². The number of carboxylic acids is 1. The highest BCUT2D eigenvalue weighted by Gasteiger charge is 2.31. The third-order valence-corrected chi connectivity index (χ3v) is 6.46. The third kappa shape index (κ3) is 4.80. The van der Waals surface area contributed by atoms with E-state index in [1.165, 1.54) is 0 Å².